The van der Waals surface area contributed by atoms with Crippen LogP contribution in [-0.4, -0.2) is 40.6 Å². The van der Waals surface area contributed by atoms with Crippen molar-refractivity contribution < 1.29 is 22.1 Å². The molecule has 0 aromatic rings. The van der Waals surface area contributed by atoms with Crippen LogP contribution in [0.25, 0.3) is 0 Å². The van der Waals surface area contributed by atoms with Crippen LogP contribution in [0.15, 0.2) is 41.6 Å². The molecule has 0 rings (SSSR count). The third kappa shape index (κ3) is 11.4. The molecule has 0 fully saturated rings. The number of esters is 1. The van der Waals surface area contributed by atoms with E-state index in [-0.39, 0.29) is 6.61 Å². The highest BCUT2D eigenvalue weighted by atomic mass is 32.2. The second kappa shape index (κ2) is 10.1. The van der Waals surface area contributed by atoms with Gasteiger partial charge < -0.3 is 4.74 Å². The maximum absolute atomic E-state index is 11.0. The summed E-state index contributed by atoms with van der Waals surface area (Å²) < 4.78 is 30.7. The number of aliphatic imine (C=N–C) groups is 1. The highest BCUT2D eigenvalue weighted by Gasteiger charge is 2.01. The maximum Gasteiger partial charge on any atom is 0.330 e. The highest BCUT2D eigenvalue weighted by molar-refractivity contribution is 7.85. The van der Waals surface area contributed by atoms with Crippen molar-refractivity contribution in [2.24, 2.45) is 4.99 Å². The molecule has 112 valence electrons. The fraction of sp³-hybridized carbons (Fsp3) is 0.385. The molecule has 0 aromatic carbocycles. The zero-order valence-electron chi connectivity index (χ0n) is 11.6. The van der Waals surface area contributed by atoms with E-state index >= 15 is 0 Å². The van der Waals surface area contributed by atoms with Gasteiger partial charge >= 0.3 is 5.97 Å². The first kappa shape index (κ1) is 18.3. The second-order valence-corrected chi connectivity index (χ2v) is 5.35. The summed E-state index contributed by atoms with van der Waals surface area (Å²) in [6.45, 7) is 3.53. The van der Waals surface area contributed by atoms with Crippen molar-refractivity contribution in [2.45, 2.75) is 12.8 Å². The zero-order valence-corrected chi connectivity index (χ0v) is 12.4. The Kier molecular flexibility index (Phi) is 9.23. The number of allylic oxidation sites excluding steroid dienone is 3. The van der Waals surface area contributed by atoms with Gasteiger partial charge in [0.25, 0.3) is 10.1 Å². The van der Waals surface area contributed by atoms with Gasteiger partial charge in [0, 0.05) is 18.5 Å². The predicted octanol–water partition coefficient (Wildman–Crippen LogP) is 1.61. The lowest BCUT2D eigenvalue weighted by Crippen LogP contribution is -2.04. The van der Waals surface area contributed by atoms with Crippen molar-refractivity contribution in [2.75, 3.05) is 20.0 Å². The fourth-order valence-electron chi connectivity index (χ4n) is 1.15. The van der Waals surface area contributed by atoms with Gasteiger partial charge in [0.15, 0.2) is 0 Å². The normalized spacial score (nSPS) is 13.0. The fourth-order valence-corrected chi connectivity index (χ4v) is 1.57. The first-order valence-corrected chi connectivity index (χ1v) is 7.64. The van der Waals surface area contributed by atoms with Crippen LogP contribution >= 0.6 is 0 Å². The van der Waals surface area contributed by atoms with Gasteiger partial charge in [0.2, 0.25) is 0 Å². The number of hydrogen-bond acceptors (Lipinski definition) is 6. The molecule has 0 aliphatic rings. The monoisotopic (exact) mass is 301 g/mol. The van der Waals surface area contributed by atoms with E-state index in [2.05, 4.69) is 20.5 Å². The molecule has 0 unspecified atom stereocenters. The maximum atomic E-state index is 11.0. The van der Waals surface area contributed by atoms with Crippen LogP contribution in [0.4, 0.5) is 0 Å². The Morgan fingerprint density at radius 2 is 2.05 bits per heavy atom. The van der Waals surface area contributed by atoms with Crippen molar-refractivity contribution in [1.82, 2.24) is 0 Å². The summed E-state index contributed by atoms with van der Waals surface area (Å²) in [5, 5.41) is 0. The molecule has 0 aliphatic carbocycles. The van der Waals surface area contributed by atoms with Gasteiger partial charge in [0.1, 0.15) is 0 Å². The average Bonchev–Trinajstić information content (AvgIpc) is 2.38. The lowest BCUT2D eigenvalue weighted by molar-refractivity contribution is -0.134. The standard InChI is InChI=1S/C13H19NO5S/c1-4-14-10-9-12(7-8-13(15)18-2)6-5-11-19-20(3,16)17/h4,7-10H,1,5-6,11H2,2-3H3/b8-7+,12-9-,14-10?. The Bertz CT molecular complexity index is 503. The van der Waals surface area contributed by atoms with Crippen LogP contribution in [0.5, 0.6) is 0 Å². The second-order valence-electron chi connectivity index (χ2n) is 3.71. The third-order valence-corrected chi connectivity index (χ3v) is 2.62. The number of methoxy groups -OCH3 is 1. The average molecular weight is 301 g/mol. The molecule has 0 radical (unpaired) electrons. The van der Waals surface area contributed by atoms with Crippen LogP contribution in [0, 0.1) is 0 Å². The van der Waals surface area contributed by atoms with E-state index in [1.807, 2.05) is 0 Å². The van der Waals surface area contributed by atoms with Crippen LogP contribution in [0.2, 0.25) is 0 Å². The Morgan fingerprint density at radius 3 is 2.60 bits per heavy atom. The van der Waals surface area contributed by atoms with Gasteiger partial charge in [-0.25, -0.2) is 4.79 Å². The minimum atomic E-state index is -3.42. The molecular weight excluding hydrogens is 282 g/mol. The lowest BCUT2D eigenvalue weighted by Gasteiger charge is -2.02. The number of carbonyl (C=O) groups excluding carboxylic acids is 1. The van der Waals surface area contributed by atoms with Crippen molar-refractivity contribution in [3.05, 3.63) is 36.6 Å². The summed E-state index contributed by atoms with van der Waals surface area (Å²) in [6, 6.07) is 0. The van der Waals surface area contributed by atoms with Gasteiger partial charge in [-0.2, -0.15) is 8.42 Å². The summed E-state index contributed by atoms with van der Waals surface area (Å²) in [5.41, 5.74) is 0.790. The van der Waals surface area contributed by atoms with Crippen LogP contribution in [0.3, 0.4) is 0 Å². The first-order valence-electron chi connectivity index (χ1n) is 5.82. The first-order chi connectivity index (χ1) is 9.39. The lowest BCUT2D eigenvalue weighted by atomic mass is 10.1. The van der Waals surface area contributed by atoms with Crippen molar-refractivity contribution in [3.63, 3.8) is 0 Å². The molecule has 6 nitrogen and oxygen atoms in total. The minimum absolute atomic E-state index is 0.0842. The molecule has 0 spiro atoms. The third-order valence-electron chi connectivity index (χ3n) is 2.02. The van der Waals surface area contributed by atoms with Gasteiger partial charge in [-0.1, -0.05) is 12.7 Å². The minimum Gasteiger partial charge on any atom is -0.466 e. The molecule has 0 saturated heterocycles. The molecule has 20 heavy (non-hydrogen) atoms. The van der Waals surface area contributed by atoms with Crippen LogP contribution in [-0.2, 0) is 23.8 Å². The van der Waals surface area contributed by atoms with E-state index in [0.29, 0.717) is 12.8 Å². The summed E-state index contributed by atoms with van der Waals surface area (Å²) in [6.07, 6.45) is 9.50. The molecule has 0 heterocycles. The number of ether oxygens (including phenoxy) is 1. The molecule has 0 saturated carbocycles. The van der Waals surface area contributed by atoms with Gasteiger partial charge in [-0.05, 0) is 24.5 Å². The van der Waals surface area contributed by atoms with E-state index in [1.54, 1.807) is 12.2 Å². The van der Waals surface area contributed by atoms with E-state index < -0.39 is 16.1 Å². The molecule has 0 aliphatic heterocycles. The number of rotatable bonds is 9. The topological polar surface area (TPSA) is 82.0 Å². The molecule has 0 N–H and O–H groups in total. The van der Waals surface area contributed by atoms with Crippen molar-refractivity contribution >= 4 is 22.3 Å². The van der Waals surface area contributed by atoms with E-state index in [0.717, 1.165) is 11.8 Å². The number of hydrogen-bond donors (Lipinski definition) is 0. The zero-order chi connectivity index (χ0) is 15.4. The summed E-state index contributed by atoms with van der Waals surface area (Å²) >= 11 is 0. The largest absolute Gasteiger partial charge is 0.466 e. The van der Waals surface area contributed by atoms with Crippen molar-refractivity contribution in [3.8, 4) is 0 Å². The summed E-state index contributed by atoms with van der Waals surface area (Å²) in [5.74, 6) is -0.469. The molecular formula is C13H19NO5S. The van der Waals surface area contributed by atoms with Gasteiger partial charge in [-0.3, -0.25) is 9.18 Å². The summed E-state index contributed by atoms with van der Waals surface area (Å²) in [4.78, 5) is 14.8. The van der Waals surface area contributed by atoms with Crippen LogP contribution < -0.4 is 0 Å². The quantitative estimate of drug-likeness (QED) is 0.161. The van der Waals surface area contributed by atoms with E-state index in [4.69, 9.17) is 0 Å². The summed E-state index contributed by atoms with van der Waals surface area (Å²) in [7, 11) is -2.14. The molecule has 0 aromatic heterocycles. The molecule has 7 heteroatoms. The predicted molar refractivity (Wildman–Crippen MR) is 78.0 cm³/mol. The Morgan fingerprint density at radius 1 is 1.35 bits per heavy atom. The highest BCUT2D eigenvalue weighted by Crippen LogP contribution is 2.07. The van der Waals surface area contributed by atoms with E-state index in [1.165, 1.54) is 25.6 Å². The van der Waals surface area contributed by atoms with Gasteiger partial charge in [-0.15, -0.1) is 0 Å². The molecule has 0 bridgehead atoms. The van der Waals surface area contributed by atoms with Crippen LogP contribution in [0.1, 0.15) is 12.8 Å². The smallest absolute Gasteiger partial charge is 0.330 e. The Hall–Kier alpha value is -1.73. The van der Waals surface area contributed by atoms with Gasteiger partial charge in [0.05, 0.1) is 20.0 Å². The van der Waals surface area contributed by atoms with E-state index in [9.17, 15) is 13.2 Å². The van der Waals surface area contributed by atoms with Crippen molar-refractivity contribution in [1.29, 1.82) is 0 Å². The Labute approximate surface area is 119 Å². The molecule has 0 atom stereocenters. The Balaban J connectivity index is 4.50. The SMILES string of the molecule is C=CN=C/C=C(\C=C\C(=O)OC)CCCOS(C)(=O)=O. The number of carbonyl (C=O) groups is 1. The molecule has 0 amide bonds. The number of nitrogens with zero attached hydrogens (tertiary/aromatic N) is 1.